The predicted octanol–water partition coefficient (Wildman–Crippen LogP) is 2.08. The number of hydrogen-bond donors (Lipinski definition) is 2. The number of amides is 1. The summed E-state index contributed by atoms with van der Waals surface area (Å²) < 4.78 is 10.1. The monoisotopic (exact) mass is 431 g/mol. The molecule has 1 amide bonds. The van der Waals surface area contributed by atoms with Gasteiger partial charge in [0.25, 0.3) is 5.91 Å². The third kappa shape index (κ3) is 6.26. The summed E-state index contributed by atoms with van der Waals surface area (Å²) in [5.41, 5.74) is -0.309. The smallest absolute Gasteiger partial charge is 0.271 e. The number of ketones is 1. The molecule has 0 saturated carbocycles. The van der Waals surface area contributed by atoms with Crippen LogP contribution in [0.15, 0.2) is 36.5 Å². The van der Waals surface area contributed by atoms with Crippen LogP contribution in [0.2, 0.25) is 5.02 Å². The van der Waals surface area contributed by atoms with Crippen molar-refractivity contribution in [3.05, 3.63) is 58.4 Å². The van der Waals surface area contributed by atoms with Crippen molar-refractivity contribution >= 4 is 23.3 Å². The number of rotatable bonds is 10. The van der Waals surface area contributed by atoms with Gasteiger partial charge in [0.2, 0.25) is 0 Å². The molecule has 0 radical (unpaired) electrons. The number of aromatic nitrogens is 1. The van der Waals surface area contributed by atoms with Gasteiger partial charge in [-0.05, 0) is 35.9 Å². The minimum Gasteiger partial charge on any atom is -0.508 e. The number of phenols is 1. The van der Waals surface area contributed by atoms with E-state index in [4.69, 9.17) is 21.1 Å². The number of nitrogens with zero attached hydrogens (tertiary/aromatic N) is 2. The summed E-state index contributed by atoms with van der Waals surface area (Å²) in [7, 11) is 2.83. The van der Waals surface area contributed by atoms with Gasteiger partial charge < -0.3 is 19.9 Å². The second-order valence-electron chi connectivity index (χ2n) is 6.73. The van der Waals surface area contributed by atoms with Crippen molar-refractivity contribution in [3.63, 3.8) is 0 Å². The molecule has 2 N–H and O–H groups in total. The zero-order valence-corrected chi connectivity index (χ0v) is 17.4. The van der Waals surface area contributed by atoms with Gasteiger partial charge in [0.1, 0.15) is 17.2 Å². The van der Waals surface area contributed by atoms with Crippen LogP contribution in [0.1, 0.15) is 21.6 Å². The first kappa shape index (κ1) is 23.3. The Balaban J connectivity index is 2.11. The number of nitriles is 1. The number of carbonyl (C=O) groups excluding carboxylic acids is 2. The Morgan fingerprint density at radius 2 is 1.90 bits per heavy atom. The molecule has 8 nitrogen and oxygen atoms in total. The normalized spacial score (nSPS) is 11.0. The van der Waals surface area contributed by atoms with Crippen LogP contribution in [0, 0.1) is 11.3 Å². The minimum absolute atomic E-state index is 0.00450. The molecule has 158 valence electrons. The van der Waals surface area contributed by atoms with Gasteiger partial charge >= 0.3 is 0 Å². The Kier molecular flexibility index (Phi) is 8.30. The Bertz CT molecular complexity index is 952. The van der Waals surface area contributed by atoms with E-state index in [9.17, 15) is 20.0 Å². The Labute approximate surface area is 179 Å². The van der Waals surface area contributed by atoms with Crippen LogP contribution in [0.4, 0.5) is 0 Å². The molecule has 1 heterocycles. The van der Waals surface area contributed by atoms with Gasteiger partial charge in [-0.15, -0.1) is 0 Å². The summed E-state index contributed by atoms with van der Waals surface area (Å²) in [4.78, 5) is 29.1. The summed E-state index contributed by atoms with van der Waals surface area (Å²) in [5.74, 6) is -0.769. The number of nitrogens with one attached hydrogen (secondary N) is 1. The molecule has 2 aromatic rings. The SMILES string of the molecule is COCC(C#N)(COC)NC(=O)c1cc(CC(=O)Cc2cc(Cl)ccc2O)ccn1. The average molecular weight is 432 g/mol. The molecule has 0 fully saturated rings. The number of hydrogen-bond acceptors (Lipinski definition) is 7. The highest BCUT2D eigenvalue weighted by atomic mass is 35.5. The van der Waals surface area contributed by atoms with Gasteiger partial charge in [-0.2, -0.15) is 5.26 Å². The standard InChI is InChI=1S/C21H22ClN3O5/c1-29-12-21(11-23,13-30-2)25-20(28)18-8-14(5-6-24-18)7-17(26)10-15-9-16(22)3-4-19(15)27/h3-6,8-9,27H,7,10,12-13H2,1-2H3,(H,25,28). The molecule has 1 aromatic heterocycles. The van der Waals surface area contributed by atoms with Crippen LogP contribution in [0.3, 0.4) is 0 Å². The number of Topliss-reactive ketones (excluding diaryl/α,β-unsaturated/α-hetero) is 1. The van der Waals surface area contributed by atoms with E-state index in [1.807, 2.05) is 6.07 Å². The Hall–Kier alpha value is -2.99. The summed E-state index contributed by atoms with van der Waals surface area (Å²) in [6.07, 6.45) is 1.44. The first-order valence-corrected chi connectivity index (χ1v) is 9.36. The van der Waals surface area contributed by atoms with Crippen LogP contribution in [-0.4, -0.2) is 54.8 Å². The van der Waals surface area contributed by atoms with Crippen LogP contribution < -0.4 is 5.32 Å². The van der Waals surface area contributed by atoms with Crippen molar-refractivity contribution in [1.29, 1.82) is 5.26 Å². The van der Waals surface area contributed by atoms with E-state index >= 15 is 0 Å². The third-order valence-electron chi connectivity index (χ3n) is 4.24. The molecule has 2 rings (SSSR count). The van der Waals surface area contributed by atoms with Crippen LogP contribution >= 0.6 is 11.6 Å². The highest BCUT2D eigenvalue weighted by Crippen LogP contribution is 2.22. The van der Waals surface area contributed by atoms with E-state index in [0.717, 1.165) is 0 Å². The number of ether oxygens (including phenoxy) is 2. The largest absolute Gasteiger partial charge is 0.508 e. The summed E-state index contributed by atoms with van der Waals surface area (Å²) in [6.45, 7) is -0.130. The number of halogens is 1. The van der Waals surface area contributed by atoms with Gasteiger partial charge in [0.15, 0.2) is 5.54 Å². The van der Waals surface area contributed by atoms with Crippen LogP contribution in [-0.2, 0) is 27.1 Å². The lowest BCUT2D eigenvalue weighted by Crippen LogP contribution is -2.54. The zero-order valence-electron chi connectivity index (χ0n) is 16.6. The molecule has 30 heavy (non-hydrogen) atoms. The molecule has 0 spiro atoms. The maximum absolute atomic E-state index is 12.6. The van der Waals surface area contributed by atoms with E-state index in [1.165, 1.54) is 44.7 Å². The Morgan fingerprint density at radius 1 is 1.20 bits per heavy atom. The maximum atomic E-state index is 12.6. The second kappa shape index (κ2) is 10.7. The lowest BCUT2D eigenvalue weighted by Gasteiger charge is -2.26. The molecule has 0 aliphatic heterocycles. The highest BCUT2D eigenvalue weighted by molar-refractivity contribution is 6.30. The first-order chi connectivity index (χ1) is 14.3. The summed E-state index contributed by atoms with van der Waals surface area (Å²) in [5, 5.41) is 22.3. The zero-order chi connectivity index (χ0) is 22.1. The van der Waals surface area contributed by atoms with Gasteiger partial charge in [0, 0.05) is 43.8 Å². The van der Waals surface area contributed by atoms with E-state index in [-0.39, 0.29) is 43.3 Å². The number of aromatic hydroxyl groups is 1. The molecule has 0 saturated heterocycles. The maximum Gasteiger partial charge on any atom is 0.271 e. The minimum atomic E-state index is -1.36. The van der Waals surface area contributed by atoms with E-state index in [0.29, 0.717) is 16.1 Å². The van der Waals surface area contributed by atoms with Crippen molar-refractivity contribution in [3.8, 4) is 11.8 Å². The van der Waals surface area contributed by atoms with Crippen molar-refractivity contribution in [2.24, 2.45) is 0 Å². The fourth-order valence-electron chi connectivity index (χ4n) is 2.89. The first-order valence-electron chi connectivity index (χ1n) is 8.98. The molecule has 0 unspecified atom stereocenters. The molecular weight excluding hydrogens is 410 g/mol. The highest BCUT2D eigenvalue weighted by Gasteiger charge is 2.33. The van der Waals surface area contributed by atoms with Crippen molar-refractivity contribution in [1.82, 2.24) is 10.3 Å². The van der Waals surface area contributed by atoms with E-state index in [1.54, 1.807) is 6.07 Å². The molecular formula is C21H22ClN3O5. The topological polar surface area (TPSA) is 122 Å². The molecule has 0 bridgehead atoms. The quantitative estimate of drug-likeness (QED) is 0.590. The summed E-state index contributed by atoms with van der Waals surface area (Å²) >= 11 is 5.91. The van der Waals surface area contributed by atoms with Gasteiger partial charge in [-0.3, -0.25) is 14.6 Å². The predicted molar refractivity (Wildman–Crippen MR) is 109 cm³/mol. The number of carbonyl (C=O) groups is 2. The molecule has 1 aromatic carbocycles. The number of pyridine rings is 1. The van der Waals surface area contributed by atoms with Gasteiger partial charge in [-0.25, -0.2) is 0 Å². The lowest BCUT2D eigenvalue weighted by molar-refractivity contribution is -0.117. The molecule has 9 heteroatoms. The fourth-order valence-corrected chi connectivity index (χ4v) is 3.08. The van der Waals surface area contributed by atoms with Crippen LogP contribution in [0.5, 0.6) is 5.75 Å². The second-order valence-corrected chi connectivity index (χ2v) is 7.17. The van der Waals surface area contributed by atoms with E-state index < -0.39 is 11.4 Å². The Morgan fingerprint density at radius 3 is 2.53 bits per heavy atom. The fraction of sp³-hybridized carbons (Fsp3) is 0.333. The third-order valence-corrected chi connectivity index (χ3v) is 4.47. The van der Waals surface area contributed by atoms with Crippen molar-refractivity contribution in [2.75, 3.05) is 27.4 Å². The average Bonchev–Trinajstić information content (AvgIpc) is 2.71. The van der Waals surface area contributed by atoms with Gasteiger partial charge in [-0.1, -0.05) is 11.6 Å². The number of phenolic OH excluding ortho intramolecular Hbond substituents is 1. The number of benzene rings is 1. The van der Waals surface area contributed by atoms with Crippen LogP contribution in [0.25, 0.3) is 0 Å². The lowest BCUT2D eigenvalue weighted by atomic mass is 10.0. The van der Waals surface area contributed by atoms with E-state index in [2.05, 4.69) is 10.3 Å². The molecule has 0 aliphatic carbocycles. The van der Waals surface area contributed by atoms with Gasteiger partial charge in [0.05, 0.1) is 19.3 Å². The molecule has 0 aliphatic rings. The summed E-state index contributed by atoms with van der Waals surface area (Å²) in [6, 6.07) is 9.60. The number of methoxy groups -OCH3 is 2. The van der Waals surface area contributed by atoms with Crippen molar-refractivity contribution in [2.45, 2.75) is 18.4 Å². The van der Waals surface area contributed by atoms with Crippen molar-refractivity contribution < 1.29 is 24.2 Å². The molecule has 0 atom stereocenters.